The zero-order chi connectivity index (χ0) is 19.6. The number of aliphatic hydroxyl groups is 1. The van der Waals surface area contributed by atoms with Gasteiger partial charge >= 0.3 is 0 Å². The Labute approximate surface area is 166 Å². The van der Waals surface area contributed by atoms with Crippen LogP contribution >= 0.6 is 0 Å². The van der Waals surface area contributed by atoms with Gasteiger partial charge in [0.05, 0.1) is 5.60 Å². The molecule has 3 saturated carbocycles. The summed E-state index contributed by atoms with van der Waals surface area (Å²) >= 11 is 0. The number of carbonyl (C=O) groups is 1. The van der Waals surface area contributed by atoms with Crippen molar-refractivity contribution in [2.24, 2.45) is 10.8 Å². The molecule has 2 unspecified atom stereocenters. The zero-order valence-corrected chi connectivity index (χ0v) is 18.0. The fourth-order valence-electron chi connectivity index (χ4n) is 6.93. The zero-order valence-electron chi connectivity index (χ0n) is 18.0. The lowest BCUT2D eigenvalue weighted by atomic mass is 9.66. The Balaban J connectivity index is 0.000000159. The molecule has 1 aliphatic heterocycles. The summed E-state index contributed by atoms with van der Waals surface area (Å²) in [4.78, 5) is 11.3. The number of hydrogen-bond donors (Lipinski definition) is 3. The highest BCUT2D eigenvalue weighted by Crippen LogP contribution is 2.55. The summed E-state index contributed by atoms with van der Waals surface area (Å²) in [7, 11) is 0. The first-order valence-corrected chi connectivity index (χ1v) is 11.5. The van der Waals surface area contributed by atoms with Crippen LogP contribution in [0, 0.1) is 10.8 Å². The van der Waals surface area contributed by atoms with Crippen molar-refractivity contribution < 1.29 is 9.90 Å². The van der Waals surface area contributed by atoms with Crippen LogP contribution in [-0.4, -0.2) is 35.2 Å². The van der Waals surface area contributed by atoms with E-state index in [0.717, 1.165) is 25.9 Å². The molecule has 4 rings (SSSR count). The minimum Gasteiger partial charge on any atom is -0.390 e. The summed E-state index contributed by atoms with van der Waals surface area (Å²) in [5.74, 6) is 0.123. The predicted octanol–water partition coefficient (Wildman–Crippen LogP) is 4.31. The molecule has 3 N–H and O–H groups in total. The molecular weight excluding hydrogens is 336 g/mol. The van der Waals surface area contributed by atoms with Crippen molar-refractivity contribution >= 4 is 5.91 Å². The van der Waals surface area contributed by atoms with Gasteiger partial charge in [-0.05, 0) is 95.6 Å². The maximum absolute atomic E-state index is 11.3. The van der Waals surface area contributed by atoms with Gasteiger partial charge in [0.2, 0.25) is 5.91 Å². The van der Waals surface area contributed by atoms with Gasteiger partial charge < -0.3 is 15.7 Å². The van der Waals surface area contributed by atoms with Crippen molar-refractivity contribution in [1.82, 2.24) is 10.6 Å². The molecule has 2 atom stereocenters. The van der Waals surface area contributed by atoms with Crippen LogP contribution in [-0.2, 0) is 4.79 Å². The van der Waals surface area contributed by atoms with E-state index in [2.05, 4.69) is 24.5 Å². The Morgan fingerprint density at radius 1 is 0.778 bits per heavy atom. The minimum absolute atomic E-state index is 0.0426. The third kappa shape index (κ3) is 4.07. The van der Waals surface area contributed by atoms with E-state index in [1.165, 1.54) is 70.6 Å². The molecule has 0 radical (unpaired) electrons. The van der Waals surface area contributed by atoms with Gasteiger partial charge in [0.1, 0.15) is 0 Å². The molecule has 0 bridgehead atoms. The third-order valence-electron chi connectivity index (χ3n) is 8.79. The normalized spacial score (nSPS) is 37.0. The van der Waals surface area contributed by atoms with Gasteiger partial charge in [0.25, 0.3) is 0 Å². The van der Waals surface area contributed by atoms with Crippen LogP contribution in [0.25, 0.3) is 0 Å². The monoisotopic (exact) mass is 378 g/mol. The summed E-state index contributed by atoms with van der Waals surface area (Å²) in [6, 6.07) is 0. The maximum Gasteiger partial charge on any atom is 0.217 e. The Hall–Kier alpha value is -0.610. The maximum atomic E-state index is 11.3. The Morgan fingerprint density at radius 3 is 1.89 bits per heavy atom. The van der Waals surface area contributed by atoms with Gasteiger partial charge in [-0.1, -0.05) is 25.7 Å². The average molecular weight is 379 g/mol. The molecule has 4 heteroatoms. The predicted molar refractivity (Wildman–Crippen MR) is 111 cm³/mol. The van der Waals surface area contributed by atoms with Gasteiger partial charge in [-0.3, -0.25) is 4.79 Å². The second kappa shape index (κ2) is 8.02. The molecule has 4 nitrogen and oxygen atoms in total. The molecule has 2 spiro atoms. The van der Waals surface area contributed by atoms with Crippen LogP contribution < -0.4 is 10.6 Å². The molecule has 4 fully saturated rings. The van der Waals surface area contributed by atoms with Crippen LogP contribution in [0.3, 0.4) is 0 Å². The molecule has 27 heavy (non-hydrogen) atoms. The van der Waals surface area contributed by atoms with E-state index in [-0.39, 0.29) is 17.0 Å². The van der Waals surface area contributed by atoms with E-state index in [4.69, 9.17) is 0 Å². The largest absolute Gasteiger partial charge is 0.390 e. The second-order valence-corrected chi connectivity index (χ2v) is 10.4. The SMILES string of the molecule is CC(=O)NC1(C)CCCC12CCNCC2.CC1(O)CCCC12CCCCC2. The molecule has 4 aliphatic rings. The Kier molecular flexibility index (Phi) is 6.27. The fourth-order valence-corrected chi connectivity index (χ4v) is 6.93. The summed E-state index contributed by atoms with van der Waals surface area (Å²) in [5.41, 5.74) is 0.392. The fraction of sp³-hybridized carbons (Fsp3) is 0.957. The van der Waals surface area contributed by atoms with Crippen molar-refractivity contribution in [3.8, 4) is 0 Å². The van der Waals surface area contributed by atoms with E-state index >= 15 is 0 Å². The van der Waals surface area contributed by atoms with Gasteiger partial charge in [-0.25, -0.2) is 0 Å². The first kappa shape index (κ1) is 21.1. The lowest BCUT2D eigenvalue weighted by Gasteiger charge is -2.47. The average Bonchev–Trinajstić information content (AvgIpc) is 3.06. The van der Waals surface area contributed by atoms with Gasteiger partial charge in [-0.15, -0.1) is 0 Å². The molecule has 3 aliphatic carbocycles. The minimum atomic E-state index is -0.340. The van der Waals surface area contributed by atoms with Crippen molar-refractivity contribution in [3.05, 3.63) is 0 Å². The summed E-state index contributed by atoms with van der Waals surface area (Å²) in [6.07, 6.45) is 16.3. The number of hydrogen-bond acceptors (Lipinski definition) is 3. The molecule has 0 aromatic carbocycles. The van der Waals surface area contributed by atoms with E-state index in [1.807, 2.05) is 0 Å². The van der Waals surface area contributed by atoms with E-state index in [1.54, 1.807) is 6.92 Å². The molecule has 1 saturated heterocycles. The smallest absolute Gasteiger partial charge is 0.217 e. The van der Waals surface area contributed by atoms with Gasteiger partial charge in [0.15, 0.2) is 0 Å². The number of nitrogens with one attached hydrogen (secondary N) is 2. The van der Waals surface area contributed by atoms with Crippen LogP contribution in [0.2, 0.25) is 0 Å². The van der Waals surface area contributed by atoms with E-state index < -0.39 is 0 Å². The summed E-state index contributed by atoms with van der Waals surface area (Å²) in [5, 5.41) is 16.9. The van der Waals surface area contributed by atoms with E-state index in [0.29, 0.717) is 10.8 Å². The Bertz CT molecular complexity index is 518. The van der Waals surface area contributed by atoms with Crippen molar-refractivity contribution in [3.63, 3.8) is 0 Å². The molecule has 1 amide bonds. The van der Waals surface area contributed by atoms with Crippen molar-refractivity contribution in [1.29, 1.82) is 0 Å². The number of carbonyl (C=O) groups excluding carboxylic acids is 1. The summed E-state index contributed by atoms with van der Waals surface area (Å²) < 4.78 is 0. The highest BCUT2D eigenvalue weighted by molar-refractivity contribution is 5.74. The topological polar surface area (TPSA) is 61.4 Å². The molecular formula is C23H42N2O2. The lowest BCUT2D eigenvalue weighted by molar-refractivity contribution is -0.122. The highest BCUT2D eigenvalue weighted by Gasteiger charge is 2.52. The van der Waals surface area contributed by atoms with Crippen molar-refractivity contribution in [2.75, 3.05) is 13.1 Å². The van der Waals surface area contributed by atoms with Gasteiger partial charge in [0, 0.05) is 12.5 Å². The third-order valence-corrected chi connectivity index (χ3v) is 8.79. The Morgan fingerprint density at radius 2 is 1.33 bits per heavy atom. The van der Waals surface area contributed by atoms with Crippen LogP contribution in [0.5, 0.6) is 0 Å². The van der Waals surface area contributed by atoms with Crippen LogP contribution in [0.4, 0.5) is 0 Å². The highest BCUT2D eigenvalue weighted by atomic mass is 16.3. The molecule has 0 aromatic rings. The quantitative estimate of drug-likeness (QED) is 0.637. The number of amides is 1. The first-order chi connectivity index (χ1) is 12.7. The molecule has 156 valence electrons. The number of rotatable bonds is 1. The van der Waals surface area contributed by atoms with Crippen LogP contribution in [0.15, 0.2) is 0 Å². The first-order valence-electron chi connectivity index (χ1n) is 11.5. The van der Waals surface area contributed by atoms with Crippen molar-refractivity contribution in [2.45, 2.75) is 115 Å². The van der Waals surface area contributed by atoms with Crippen LogP contribution in [0.1, 0.15) is 104 Å². The molecule has 1 heterocycles. The lowest BCUT2D eigenvalue weighted by Crippen LogP contribution is -2.57. The van der Waals surface area contributed by atoms with Gasteiger partial charge in [-0.2, -0.15) is 0 Å². The summed E-state index contributed by atoms with van der Waals surface area (Å²) in [6.45, 7) is 8.15. The second-order valence-electron chi connectivity index (χ2n) is 10.4. The standard InChI is InChI=1S/C12H22N2O.C11H20O/c1-10(15)14-11(2)4-3-5-12(11)6-8-13-9-7-12;1-10(12)6-5-9-11(10)7-3-2-4-8-11/h13H,3-9H2,1-2H3,(H,14,15);12H,2-9H2,1H3. The number of piperidine rings is 1. The van der Waals surface area contributed by atoms with E-state index in [9.17, 15) is 9.90 Å². The molecule has 0 aromatic heterocycles.